The van der Waals surface area contributed by atoms with E-state index in [2.05, 4.69) is 4.98 Å². The van der Waals surface area contributed by atoms with Crippen LogP contribution in [0.2, 0.25) is 5.02 Å². The van der Waals surface area contributed by atoms with E-state index in [1.165, 1.54) is 12.3 Å². The maximum absolute atomic E-state index is 13.2. The molecule has 34 heavy (non-hydrogen) atoms. The number of halogens is 1. The van der Waals surface area contributed by atoms with E-state index in [0.29, 0.717) is 27.7 Å². The van der Waals surface area contributed by atoms with E-state index < -0.39 is 18.1 Å². The molecule has 0 atom stereocenters. The molecule has 0 saturated heterocycles. The summed E-state index contributed by atoms with van der Waals surface area (Å²) in [6, 6.07) is 15.6. The van der Waals surface area contributed by atoms with Crippen LogP contribution in [0.4, 0.5) is 10.5 Å². The number of carbonyl (C=O) groups is 2. The maximum Gasteiger partial charge on any atom is 0.421 e. The van der Waals surface area contributed by atoms with Crippen molar-refractivity contribution in [2.45, 2.75) is 33.3 Å². The molecule has 176 valence electrons. The molecule has 7 nitrogen and oxygen atoms in total. The van der Waals surface area contributed by atoms with E-state index in [1.54, 1.807) is 69.3 Å². The average Bonchev–Trinajstić information content (AvgIpc) is 2.78. The second-order valence-electron chi connectivity index (χ2n) is 7.70. The van der Waals surface area contributed by atoms with E-state index in [0.717, 1.165) is 10.5 Å². The highest BCUT2D eigenvalue weighted by atomic mass is 35.5. The number of aryl methyl sites for hydroxylation is 1. The first-order valence-corrected chi connectivity index (χ1v) is 11.3. The number of imide groups is 1. The summed E-state index contributed by atoms with van der Waals surface area (Å²) in [6.07, 6.45) is 0.232. The van der Waals surface area contributed by atoms with Crippen molar-refractivity contribution in [3.8, 4) is 11.5 Å². The first-order valence-electron chi connectivity index (χ1n) is 10.5. The highest BCUT2D eigenvalue weighted by Crippen LogP contribution is 2.29. The molecular formula is C25H24ClN3O4S. The Morgan fingerprint density at radius 1 is 1.06 bits per heavy atom. The van der Waals surface area contributed by atoms with Gasteiger partial charge in [-0.15, -0.1) is 0 Å². The number of rotatable bonds is 7. The van der Waals surface area contributed by atoms with Gasteiger partial charge in [-0.05, 0) is 68.8 Å². The maximum atomic E-state index is 13.2. The lowest BCUT2D eigenvalue weighted by Crippen LogP contribution is -2.40. The second kappa shape index (κ2) is 11.1. The summed E-state index contributed by atoms with van der Waals surface area (Å²) >= 11 is 11.3. The Bertz CT molecular complexity index is 1200. The molecule has 0 fully saturated rings. The highest BCUT2D eigenvalue weighted by molar-refractivity contribution is 7.80. The number of nitrogens with two attached hydrogens (primary N) is 1. The molecule has 1 aromatic heterocycles. The fourth-order valence-electron chi connectivity index (χ4n) is 3.05. The van der Waals surface area contributed by atoms with Gasteiger partial charge >= 0.3 is 6.09 Å². The molecule has 2 amide bonds. The minimum atomic E-state index is -0.798. The lowest BCUT2D eigenvalue weighted by atomic mass is 10.1. The Kier molecular flexibility index (Phi) is 8.20. The van der Waals surface area contributed by atoms with Gasteiger partial charge in [0.25, 0.3) is 0 Å². The van der Waals surface area contributed by atoms with E-state index in [4.69, 9.17) is 39.0 Å². The number of hydrogen-bond acceptors (Lipinski definition) is 6. The number of anilines is 1. The van der Waals surface area contributed by atoms with Gasteiger partial charge in [-0.2, -0.15) is 0 Å². The normalized spacial score (nSPS) is 10.6. The van der Waals surface area contributed by atoms with Crippen LogP contribution in [0.1, 0.15) is 30.7 Å². The van der Waals surface area contributed by atoms with Gasteiger partial charge in [-0.1, -0.05) is 36.0 Å². The summed E-state index contributed by atoms with van der Waals surface area (Å²) in [5.74, 6) is 0.720. The fraction of sp³-hybridized carbons (Fsp3) is 0.200. The molecule has 1 heterocycles. The van der Waals surface area contributed by atoms with Crippen molar-refractivity contribution in [2.24, 2.45) is 5.73 Å². The van der Waals surface area contributed by atoms with Crippen LogP contribution in [-0.2, 0) is 16.0 Å². The summed E-state index contributed by atoms with van der Waals surface area (Å²) in [6.45, 7) is 5.10. The van der Waals surface area contributed by atoms with Gasteiger partial charge in [0, 0.05) is 11.8 Å². The van der Waals surface area contributed by atoms with Crippen LogP contribution < -0.4 is 15.4 Å². The zero-order chi connectivity index (χ0) is 24.8. The number of benzene rings is 2. The van der Waals surface area contributed by atoms with Crippen LogP contribution in [0.25, 0.3) is 0 Å². The van der Waals surface area contributed by atoms with E-state index in [9.17, 15) is 9.59 Å². The third-order valence-corrected chi connectivity index (χ3v) is 5.41. The highest BCUT2D eigenvalue weighted by Gasteiger charge is 2.28. The van der Waals surface area contributed by atoms with E-state index >= 15 is 0 Å². The standard InChI is InChI=1S/C25H24ClN3O4S/c1-15(2)32-25(31)29(21-12-13-28-16(3)23(21)26)22(30)14-17-4-8-19(9-5-17)33-20-10-6-18(7-11-20)24(27)34/h4-13,15H,14H2,1-3H3,(H2,27,34). The number of pyridine rings is 1. The van der Waals surface area contributed by atoms with Crippen LogP contribution in [-0.4, -0.2) is 28.1 Å². The fourth-order valence-corrected chi connectivity index (χ4v) is 3.38. The monoisotopic (exact) mass is 497 g/mol. The predicted molar refractivity (Wildman–Crippen MR) is 136 cm³/mol. The SMILES string of the molecule is Cc1nccc(N(C(=O)Cc2ccc(Oc3ccc(C(N)=S)cc3)cc2)C(=O)OC(C)C)c1Cl. The number of aromatic nitrogens is 1. The summed E-state index contributed by atoms with van der Waals surface area (Å²) in [5.41, 5.74) is 7.77. The van der Waals surface area contributed by atoms with Crippen molar-refractivity contribution >= 4 is 46.5 Å². The molecule has 0 bridgehead atoms. The molecule has 0 aliphatic carbocycles. The third-order valence-electron chi connectivity index (χ3n) is 4.71. The first kappa shape index (κ1) is 25.1. The molecule has 3 rings (SSSR count). The van der Waals surface area contributed by atoms with Crippen molar-refractivity contribution in [3.63, 3.8) is 0 Å². The van der Waals surface area contributed by atoms with Crippen LogP contribution in [0.5, 0.6) is 11.5 Å². The number of ether oxygens (including phenoxy) is 2. The smallest absolute Gasteiger partial charge is 0.421 e. The quantitative estimate of drug-likeness (QED) is 0.425. The van der Waals surface area contributed by atoms with Crippen molar-refractivity contribution in [1.29, 1.82) is 0 Å². The number of amides is 2. The molecule has 2 N–H and O–H groups in total. The average molecular weight is 498 g/mol. The van der Waals surface area contributed by atoms with Crippen LogP contribution in [0.3, 0.4) is 0 Å². The molecule has 0 radical (unpaired) electrons. The number of nitrogens with zero attached hydrogens (tertiary/aromatic N) is 2. The molecule has 0 aliphatic rings. The third kappa shape index (κ3) is 6.30. The van der Waals surface area contributed by atoms with E-state index in [-0.39, 0.29) is 17.1 Å². The van der Waals surface area contributed by atoms with Crippen molar-refractivity contribution in [3.05, 3.63) is 82.6 Å². The summed E-state index contributed by atoms with van der Waals surface area (Å²) < 4.78 is 11.1. The van der Waals surface area contributed by atoms with Gasteiger partial charge in [0.2, 0.25) is 5.91 Å². The Morgan fingerprint density at radius 3 is 2.21 bits per heavy atom. The Hall–Kier alpha value is -3.49. The van der Waals surface area contributed by atoms with Crippen LogP contribution >= 0.6 is 23.8 Å². The lowest BCUT2D eigenvalue weighted by Gasteiger charge is -2.23. The summed E-state index contributed by atoms with van der Waals surface area (Å²) in [7, 11) is 0. The lowest BCUT2D eigenvalue weighted by molar-refractivity contribution is -0.117. The molecule has 0 spiro atoms. The molecule has 0 unspecified atom stereocenters. The van der Waals surface area contributed by atoms with Crippen molar-refractivity contribution in [2.75, 3.05) is 4.90 Å². The van der Waals surface area contributed by atoms with Crippen molar-refractivity contribution < 1.29 is 19.1 Å². The Balaban J connectivity index is 1.76. The number of carbonyl (C=O) groups excluding carboxylic acids is 2. The molecule has 2 aromatic carbocycles. The van der Waals surface area contributed by atoms with Crippen LogP contribution in [0.15, 0.2) is 60.8 Å². The summed E-state index contributed by atoms with van der Waals surface area (Å²) in [4.78, 5) is 31.3. The Morgan fingerprint density at radius 2 is 1.65 bits per heavy atom. The zero-order valence-corrected chi connectivity index (χ0v) is 20.5. The largest absolute Gasteiger partial charge is 0.457 e. The van der Waals surface area contributed by atoms with Crippen LogP contribution in [0, 0.1) is 6.92 Å². The Labute approximate surface area is 208 Å². The summed E-state index contributed by atoms with van der Waals surface area (Å²) in [5, 5.41) is 0.210. The van der Waals surface area contributed by atoms with Gasteiger partial charge < -0.3 is 15.2 Å². The van der Waals surface area contributed by atoms with Gasteiger partial charge in [-0.25, -0.2) is 9.69 Å². The first-order chi connectivity index (χ1) is 16.2. The van der Waals surface area contributed by atoms with Gasteiger partial charge in [-0.3, -0.25) is 9.78 Å². The minimum absolute atomic E-state index is 0.0478. The second-order valence-corrected chi connectivity index (χ2v) is 8.52. The van der Waals surface area contributed by atoms with E-state index in [1.807, 2.05) is 0 Å². The van der Waals surface area contributed by atoms with Crippen molar-refractivity contribution in [1.82, 2.24) is 4.98 Å². The van der Waals surface area contributed by atoms with Gasteiger partial charge in [0.05, 0.1) is 28.9 Å². The minimum Gasteiger partial charge on any atom is -0.457 e. The zero-order valence-electron chi connectivity index (χ0n) is 18.9. The molecule has 9 heteroatoms. The topological polar surface area (TPSA) is 94.8 Å². The molecule has 0 aliphatic heterocycles. The predicted octanol–water partition coefficient (Wildman–Crippen LogP) is 5.59. The number of thiocarbonyl (C=S) groups is 1. The van der Waals surface area contributed by atoms with Gasteiger partial charge in [0.15, 0.2) is 0 Å². The van der Waals surface area contributed by atoms with Gasteiger partial charge in [0.1, 0.15) is 16.5 Å². The molecule has 0 saturated carbocycles. The molecule has 3 aromatic rings. The number of hydrogen-bond donors (Lipinski definition) is 1. The molecular weight excluding hydrogens is 474 g/mol.